The minimum Gasteiger partial charge on any atom is -0.481 e. The van der Waals surface area contributed by atoms with Crippen molar-refractivity contribution in [1.82, 2.24) is 15.2 Å². The van der Waals surface area contributed by atoms with Crippen molar-refractivity contribution in [2.45, 2.75) is 33.6 Å². The van der Waals surface area contributed by atoms with E-state index in [0.717, 1.165) is 5.01 Å². The highest BCUT2D eigenvalue weighted by Gasteiger charge is 2.25. The third kappa shape index (κ3) is 3.60. The molecule has 2 aromatic rings. The molecule has 0 fully saturated rings. The number of hydrogen-bond donors (Lipinski definition) is 1. The third-order valence-electron chi connectivity index (χ3n) is 2.56. The Bertz CT molecular complexity index is 589. The zero-order valence-electron chi connectivity index (χ0n) is 11.0. The minimum atomic E-state index is -0.833. The molecule has 0 unspecified atom stereocenters. The van der Waals surface area contributed by atoms with Crippen molar-refractivity contribution in [1.29, 1.82) is 0 Å². The van der Waals surface area contributed by atoms with Gasteiger partial charge < -0.3 is 9.52 Å². The Hall–Kier alpha value is -1.76. The Balaban J connectivity index is 2.11. The zero-order valence-corrected chi connectivity index (χ0v) is 11.8. The monoisotopic (exact) mass is 281 g/mol. The van der Waals surface area contributed by atoms with Gasteiger partial charge in [0.2, 0.25) is 5.89 Å². The fourth-order valence-electron chi connectivity index (χ4n) is 1.77. The van der Waals surface area contributed by atoms with Crippen molar-refractivity contribution >= 4 is 17.3 Å². The second-order valence-electron chi connectivity index (χ2n) is 5.16. The van der Waals surface area contributed by atoms with Gasteiger partial charge in [0, 0.05) is 11.8 Å². The van der Waals surface area contributed by atoms with Gasteiger partial charge in [0.25, 0.3) is 5.89 Å². The number of carbonyl (C=O) groups is 1. The molecule has 0 amide bonds. The third-order valence-corrected chi connectivity index (χ3v) is 3.34. The summed E-state index contributed by atoms with van der Waals surface area (Å²) >= 11 is 1.51. The molecule has 0 aliphatic heterocycles. The van der Waals surface area contributed by atoms with Crippen LogP contribution in [0.1, 0.15) is 31.2 Å². The van der Waals surface area contributed by atoms with Crippen LogP contribution in [0.3, 0.4) is 0 Å². The zero-order chi connectivity index (χ0) is 14.0. The molecule has 0 saturated carbocycles. The molecule has 2 aromatic heterocycles. The van der Waals surface area contributed by atoms with Crippen LogP contribution >= 0.6 is 11.3 Å². The van der Waals surface area contributed by atoms with Gasteiger partial charge in [-0.3, -0.25) is 4.79 Å². The summed E-state index contributed by atoms with van der Waals surface area (Å²) in [5.74, 6) is -0.0164. The maximum atomic E-state index is 10.8. The lowest BCUT2D eigenvalue weighted by atomic mass is 9.86. The summed E-state index contributed by atoms with van der Waals surface area (Å²) in [6.07, 6.45) is 0.482. The molecule has 2 rings (SSSR count). The van der Waals surface area contributed by atoms with Gasteiger partial charge in [0.15, 0.2) is 0 Å². The summed E-state index contributed by atoms with van der Waals surface area (Å²) in [6, 6.07) is 0. The first-order valence-corrected chi connectivity index (χ1v) is 6.70. The number of aromatic nitrogens is 3. The van der Waals surface area contributed by atoms with E-state index in [-0.39, 0.29) is 6.42 Å². The van der Waals surface area contributed by atoms with Gasteiger partial charge in [-0.15, -0.1) is 21.5 Å². The Morgan fingerprint density at radius 2 is 2.21 bits per heavy atom. The number of thiazole rings is 1. The van der Waals surface area contributed by atoms with E-state index in [2.05, 4.69) is 15.2 Å². The van der Waals surface area contributed by atoms with Crippen molar-refractivity contribution < 1.29 is 14.3 Å². The lowest BCUT2D eigenvalue weighted by molar-refractivity contribution is -0.139. The molecule has 1 N–H and O–H groups in total. The average Bonchev–Trinajstić information content (AvgIpc) is 2.84. The van der Waals surface area contributed by atoms with Gasteiger partial charge in [-0.05, 0) is 12.3 Å². The fraction of sp³-hybridized carbons (Fsp3) is 0.500. The number of aliphatic carboxylic acids is 1. The van der Waals surface area contributed by atoms with Crippen LogP contribution in [0.5, 0.6) is 0 Å². The molecule has 102 valence electrons. The second-order valence-corrected chi connectivity index (χ2v) is 6.23. The second kappa shape index (κ2) is 5.08. The highest BCUT2D eigenvalue weighted by Crippen LogP contribution is 2.27. The number of hydrogen-bond acceptors (Lipinski definition) is 6. The molecule has 0 bridgehead atoms. The van der Waals surface area contributed by atoms with Crippen LogP contribution in [0.15, 0.2) is 9.80 Å². The van der Waals surface area contributed by atoms with Crippen molar-refractivity contribution in [2.24, 2.45) is 5.41 Å². The Morgan fingerprint density at radius 3 is 2.79 bits per heavy atom. The van der Waals surface area contributed by atoms with Crippen molar-refractivity contribution in [3.8, 4) is 11.6 Å². The highest BCUT2D eigenvalue weighted by atomic mass is 32.1. The van der Waals surface area contributed by atoms with E-state index in [0.29, 0.717) is 23.9 Å². The maximum absolute atomic E-state index is 10.8. The topological polar surface area (TPSA) is 89.1 Å². The van der Waals surface area contributed by atoms with Crippen LogP contribution in [0.4, 0.5) is 0 Å². The van der Waals surface area contributed by atoms with Gasteiger partial charge in [-0.25, -0.2) is 4.98 Å². The predicted molar refractivity (Wildman–Crippen MR) is 69.9 cm³/mol. The number of nitrogens with zero attached hydrogens (tertiary/aromatic N) is 3. The summed E-state index contributed by atoms with van der Waals surface area (Å²) in [4.78, 5) is 15.0. The Kier molecular flexibility index (Phi) is 3.66. The first-order valence-electron chi connectivity index (χ1n) is 5.82. The molecule has 0 aromatic carbocycles. The lowest BCUT2D eigenvalue weighted by Crippen LogP contribution is -2.19. The summed E-state index contributed by atoms with van der Waals surface area (Å²) in [6.45, 7) is 5.62. The van der Waals surface area contributed by atoms with E-state index in [1.807, 2.05) is 26.2 Å². The molecule has 19 heavy (non-hydrogen) atoms. The summed E-state index contributed by atoms with van der Waals surface area (Å²) in [5.41, 5.74) is 0.241. The predicted octanol–water partition coefficient (Wildman–Crippen LogP) is 2.54. The van der Waals surface area contributed by atoms with Gasteiger partial charge in [0.05, 0.1) is 11.4 Å². The van der Waals surface area contributed by atoms with Crippen molar-refractivity contribution in [3.05, 3.63) is 16.3 Å². The Labute approximate surface area is 114 Å². The minimum absolute atomic E-state index is 0.0561. The van der Waals surface area contributed by atoms with Crippen LogP contribution in [0.2, 0.25) is 0 Å². The largest absolute Gasteiger partial charge is 0.481 e. The SMILES string of the molecule is Cc1nc(-c2nnc(CC(C)(C)CC(=O)O)o2)cs1. The van der Waals surface area contributed by atoms with E-state index in [1.54, 1.807) is 0 Å². The van der Waals surface area contributed by atoms with Crippen LogP contribution in [-0.4, -0.2) is 26.3 Å². The molecule has 6 nitrogen and oxygen atoms in total. The summed E-state index contributed by atoms with van der Waals surface area (Å²) < 4.78 is 5.53. The molecule has 0 aliphatic carbocycles. The number of carboxylic acids is 1. The molecule has 0 aliphatic rings. The first kappa shape index (κ1) is 13.7. The molecule has 0 atom stereocenters. The van der Waals surface area contributed by atoms with Gasteiger partial charge >= 0.3 is 5.97 Å². The van der Waals surface area contributed by atoms with Crippen molar-refractivity contribution in [2.75, 3.05) is 0 Å². The van der Waals surface area contributed by atoms with E-state index in [1.165, 1.54) is 11.3 Å². The summed E-state index contributed by atoms with van der Waals surface area (Å²) in [5, 5.41) is 19.5. The quantitative estimate of drug-likeness (QED) is 0.905. The number of rotatable bonds is 5. The van der Waals surface area contributed by atoms with E-state index < -0.39 is 11.4 Å². The number of aryl methyl sites for hydroxylation is 1. The molecule has 0 spiro atoms. The smallest absolute Gasteiger partial charge is 0.303 e. The fourth-order valence-corrected chi connectivity index (χ4v) is 2.36. The molecule has 2 heterocycles. The molecule has 0 saturated heterocycles. The van der Waals surface area contributed by atoms with Crippen LogP contribution in [0, 0.1) is 12.3 Å². The average molecular weight is 281 g/mol. The van der Waals surface area contributed by atoms with E-state index in [4.69, 9.17) is 9.52 Å². The van der Waals surface area contributed by atoms with Crippen LogP contribution < -0.4 is 0 Å². The van der Waals surface area contributed by atoms with E-state index in [9.17, 15) is 4.79 Å². The summed E-state index contributed by atoms with van der Waals surface area (Å²) in [7, 11) is 0. The molecular formula is C12H15N3O3S. The first-order chi connectivity index (χ1) is 8.85. The number of carboxylic acid groups (broad SMARTS) is 1. The lowest BCUT2D eigenvalue weighted by Gasteiger charge is -2.19. The van der Waals surface area contributed by atoms with Crippen molar-refractivity contribution in [3.63, 3.8) is 0 Å². The van der Waals surface area contributed by atoms with Gasteiger partial charge in [-0.1, -0.05) is 13.8 Å². The molecule has 7 heteroatoms. The normalized spacial score (nSPS) is 11.7. The van der Waals surface area contributed by atoms with Gasteiger partial charge in [0.1, 0.15) is 5.69 Å². The van der Waals surface area contributed by atoms with Gasteiger partial charge in [-0.2, -0.15) is 0 Å². The van der Waals surface area contributed by atoms with Crippen LogP contribution in [-0.2, 0) is 11.2 Å². The van der Waals surface area contributed by atoms with Crippen LogP contribution in [0.25, 0.3) is 11.6 Å². The highest BCUT2D eigenvalue weighted by molar-refractivity contribution is 7.09. The maximum Gasteiger partial charge on any atom is 0.303 e. The standard InChI is InChI=1S/C12H15N3O3S/c1-7-13-8(6-19-7)11-15-14-9(18-11)4-12(2,3)5-10(16)17/h6H,4-5H2,1-3H3,(H,16,17). The van der Waals surface area contributed by atoms with E-state index >= 15 is 0 Å². The molecule has 0 radical (unpaired) electrons. The Morgan fingerprint density at radius 1 is 1.47 bits per heavy atom. The molecular weight excluding hydrogens is 266 g/mol.